The molecule has 1 aromatic carbocycles. The van der Waals surface area contributed by atoms with Crippen LogP contribution in [0.25, 0.3) is 0 Å². The van der Waals surface area contributed by atoms with E-state index in [-0.39, 0.29) is 30.2 Å². The van der Waals surface area contributed by atoms with Crippen LogP contribution < -0.4 is 5.32 Å². The summed E-state index contributed by atoms with van der Waals surface area (Å²) in [5.74, 6) is 0.0731. The van der Waals surface area contributed by atoms with Gasteiger partial charge in [0.15, 0.2) is 0 Å². The molecule has 2 rings (SSSR count). The maximum Gasteiger partial charge on any atom is 0.251 e. The molecule has 0 spiro atoms. The molecule has 2 atom stereocenters. The Morgan fingerprint density at radius 2 is 2.00 bits per heavy atom. The molecule has 4 nitrogen and oxygen atoms in total. The Labute approximate surface area is 119 Å². The summed E-state index contributed by atoms with van der Waals surface area (Å²) in [6, 6.07) is 4.89. The van der Waals surface area contributed by atoms with Crippen LogP contribution in [0.2, 0.25) is 0 Å². The van der Waals surface area contributed by atoms with E-state index in [1.807, 2.05) is 6.92 Å². The molecule has 0 saturated heterocycles. The highest BCUT2D eigenvalue weighted by Gasteiger charge is 2.25. The Kier molecular flexibility index (Phi) is 5.01. The summed E-state index contributed by atoms with van der Waals surface area (Å²) in [4.78, 5) is 12.3. The third kappa shape index (κ3) is 3.73. The van der Waals surface area contributed by atoms with E-state index in [0.717, 1.165) is 37.7 Å². The molecule has 20 heavy (non-hydrogen) atoms. The zero-order valence-corrected chi connectivity index (χ0v) is 11.9. The number of amides is 1. The first-order valence-corrected chi connectivity index (χ1v) is 7.32. The van der Waals surface area contributed by atoms with Gasteiger partial charge in [0.05, 0.1) is 0 Å². The summed E-state index contributed by atoms with van der Waals surface area (Å²) in [5, 5.41) is 22.1. The molecule has 4 heteroatoms. The van der Waals surface area contributed by atoms with E-state index in [9.17, 15) is 15.0 Å². The van der Waals surface area contributed by atoms with Crippen molar-refractivity contribution < 1.29 is 15.0 Å². The first-order chi connectivity index (χ1) is 9.60. The van der Waals surface area contributed by atoms with Crippen LogP contribution in [-0.2, 0) is 0 Å². The Bertz CT molecular complexity index is 453. The first kappa shape index (κ1) is 14.9. The lowest BCUT2D eigenvalue weighted by molar-refractivity contribution is 0.0899. The third-order valence-corrected chi connectivity index (χ3v) is 4.03. The number of nitrogens with one attached hydrogen (secondary N) is 1. The molecule has 110 valence electrons. The van der Waals surface area contributed by atoms with Gasteiger partial charge >= 0.3 is 0 Å². The van der Waals surface area contributed by atoms with Crippen LogP contribution in [0.4, 0.5) is 0 Å². The van der Waals surface area contributed by atoms with Gasteiger partial charge in [0, 0.05) is 24.1 Å². The van der Waals surface area contributed by atoms with Gasteiger partial charge in [0.1, 0.15) is 5.75 Å². The Morgan fingerprint density at radius 3 is 2.70 bits per heavy atom. The van der Waals surface area contributed by atoms with Gasteiger partial charge in [-0.2, -0.15) is 0 Å². The van der Waals surface area contributed by atoms with E-state index in [1.165, 1.54) is 6.07 Å². The maximum absolute atomic E-state index is 12.3. The number of rotatable bonds is 3. The summed E-state index contributed by atoms with van der Waals surface area (Å²) < 4.78 is 0. The molecular formula is C16H23NO3. The number of hydrogen-bond donors (Lipinski definition) is 3. The van der Waals surface area contributed by atoms with Gasteiger partial charge in [0.25, 0.3) is 5.91 Å². The smallest absolute Gasteiger partial charge is 0.251 e. The molecular weight excluding hydrogens is 254 g/mol. The number of phenols is 1. The Balaban J connectivity index is 2.08. The average Bonchev–Trinajstić information content (AvgIpc) is 2.62. The number of aryl methyl sites for hydroxylation is 1. The topological polar surface area (TPSA) is 69.6 Å². The molecule has 0 radical (unpaired) electrons. The van der Waals surface area contributed by atoms with E-state index >= 15 is 0 Å². The number of carbonyl (C=O) groups excluding carboxylic acids is 1. The van der Waals surface area contributed by atoms with Gasteiger partial charge < -0.3 is 15.5 Å². The first-order valence-electron chi connectivity index (χ1n) is 7.32. The maximum atomic E-state index is 12.3. The van der Waals surface area contributed by atoms with Crippen molar-refractivity contribution in [1.82, 2.24) is 5.32 Å². The third-order valence-electron chi connectivity index (χ3n) is 4.03. The van der Waals surface area contributed by atoms with E-state index < -0.39 is 0 Å². The second kappa shape index (κ2) is 6.75. The summed E-state index contributed by atoms with van der Waals surface area (Å²) in [7, 11) is 0. The second-order valence-corrected chi connectivity index (χ2v) is 5.72. The summed E-state index contributed by atoms with van der Waals surface area (Å²) in [5.41, 5.74) is 1.33. The number of benzene rings is 1. The minimum atomic E-state index is -0.172. The van der Waals surface area contributed by atoms with Gasteiger partial charge in [-0.3, -0.25) is 4.79 Å². The van der Waals surface area contributed by atoms with Gasteiger partial charge in [-0.25, -0.2) is 0 Å². The number of aliphatic hydroxyl groups excluding tert-OH is 1. The number of aliphatic hydroxyl groups is 1. The fourth-order valence-corrected chi connectivity index (χ4v) is 2.94. The van der Waals surface area contributed by atoms with Crippen molar-refractivity contribution in [3.05, 3.63) is 29.3 Å². The van der Waals surface area contributed by atoms with Crippen LogP contribution in [0, 0.1) is 12.8 Å². The molecule has 0 heterocycles. The minimum Gasteiger partial charge on any atom is -0.508 e. The normalized spacial score (nSPS) is 23.1. The second-order valence-electron chi connectivity index (χ2n) is 5.72. The van der Waals surface area contributed by atoms with Gasteiger partial charge in [-0.15, -0.1) is 0 Å². The highest BCUT2D eigenvalue weighted by atomic mass is 16.3. The zero-order valence-electron chi connectivity index (χ0n) is 11.9. The van der Waals surface area contributed by atoms with Crippen molar-refractivity contribution >= 4 is 5.91 Å². The van der Waals surface area contributed by atoms with Crippen molar-refractivity contribution in [3.8, 4) is 5.75 Å². The number of phenolic OH excluding ortho intramolecular Hbond substituents is 1. The Hall–Kier alpha value is -1.55. The van der Waals surface area contributed by atoms with Crippen molar-refractivity contribution in [3.63, 3.8) is 0 Å². The Morgan fingerprint density at radius 1 is 1.25 bits per heavy atom. The standard InChI is InChI=1S/C16H23NO3/c1-11-7-13(9-14(19)8-11)16(20)17-15-6-4-2-3-5-12(15)10-18/h7-9,12,15,18-19H,2-6,10H2,1H3,(H,17,20)/t12-,15-/m1/s1. The van der Waals surface area contributed by atoms with E-state index in [1.54, 1.807) is 12.1 Å². The number of carbonyl (C=O) groups is 1. The summed E-state index contributed by atoms with van der Waals surface area (Å²) in [6.45, 7) is 1.96. The number of hydrogen-bond acceptors (Lipinski definition) is 3. The van der Waals surface area contributed by atoms with Crippen LogP contribution in [0.5, 0.6) is 5.75 Å². The van der Waals surface area contributed by atoms with Gasteiger partial charge in [-0.1, -0.05) is 19.3 Å². The van der Waals surface area contributed by atoms with Gasteiger partial charge in [-0.05, 0) is 43.5 Å². The molecule has 1 aromatic rings. The quantitative estimate of drug-likeness (QED) is 0.743. The zero-order chi connectivity index (χ0) is 14.5. The fraction of sp³-hybridized carbons (Fsp3) is 0.562. The number of aromatic hydroxyl groups is 1. The monoisotopic (exact) mass is 277 g/mol. The molecule has 1 amide bonds. The van der Waals surface area contributed by atoms with Crippen LogP contribution in [-0.4, -0.2) is 28.8 Å². The fourth-order valence-electron chi connectivity index (χ4n) is 2.94. The molecule has 1 fully saturated rings. The predicted molar refractivity (Wildman–Crippen MR) is 77.8 cm³/mol. The molecule has 0 unspecified atom stereocenters. The lowest BCUT2D eigenvalue weighted by Gasteiger charge is -2.24. The molecule has 0 aliphatic heterocycles. The van der Waals surface area contributed by atoms with Crippen LogP contribution in [0.15, 0.2) is 18.2 Å². The summed E-state index contributed by atoms with van der Waals surface area (Å²) in [6.07, 6.45) is 5.23. The SMILES string of the molecule is Cc1cc(O)cc(C(=O)N[C@@H]2CCCCC[C@@H]2CO)c1. The van der Waals surface area contributed by atoms with Crippen LogP contribution in [0.1, 0.15) is 48.0 Å². The summed E-state index contributed by atoms with van der Waals surface area (Å²) >= 11 is 0. The van der Waals surface area contributed by atoms with Crippen LogP contribution >= 0.6 is 0 Å². The molecule has 3 N–H and O–H groups in total. The highest BCUT2D eigenvalue weighted by molar-refractivity contribution is 5.95. The highest BCUT2D eigenvalue weighted by Crippen LogP contribution is 2.24. The van der Waals surface area contributed by atoms with Crippen LogP contribution in [0.3, 0.4) is 0 Å². The van der Waals surface area contributed by atoms with Gasteiger partial charge in [0.2, 0.25) is 0 Å². The lowest BCUT2D eigenvalue weighted by atomic mass is 9.95. The lowest BCUT2D eigenvalue weighted by Crippen LogP contribution is -2.41. The largest absolute Gasteiger partial charge is 0.508 e. The predicted octanol–water partition coefficient (Wildman–Crippen LogP) is 2.37. The molecule has 1 saturated carbocycles. The van der Waals surface area contributed by atoms with Crippen molar-refractivity contribution in [2.45, 2.75) is 45.1 Å². The van der Waals surface area contributed by atoms with E-state index in [0.29, 0.717) is 5.56 Å². The minimum absolute atomic E-state index is 0.0256. The van der Waals surface area contributed by atoms with Crippen molar-refractivity contribution in [2.24, 2.45) is 5.92 Å². The van der Waals surface area contributed by atoms with E-state index in [4.69, 9.17) is 0 Å². The molecule has 0 bridgehead atoms. The molecule has 0 aromatic heterocycles. The van der Waals surface area contributed by atoms with E-state index in [2.05, 4.69) is 5.32 Å². The molecule has 1 aliphatic carbocycles. The van der Waals surface area contributed by atoms with Crippen molar-refractivity contribution in [2.75, 3.05) is 6.61 Å². The van der Waals surface area contributed by atoms with Crippen molar-refractivity contribution in [1.29, 1.82) is 0 Å². The molecule has 1 aliphatic rings. The average molecular weight is 277 g/mol.